The summed E-state index contributed by atoms with van der Waals surface area (Å²) >= 11 is 0. The molecule has 0 radical (unpaired) electrons. The minimum atomic E-state index is -0.804. The van der Waals surface area contributed by atoms with E-state index in [0.29, 0.717) is 6.54 Å². The summed E-state index contributed by atoms with van der Waals surface area (Å²) in [6.45, 7) is 5.78. The number of rotatable bonds is 5. The first kappa shape index (κ1) is 11.4. The highest BCUT2D eigenvalue weighted by atomic mass is 32.2. The van der Waals surface area contributed by atoms with Gasteiger partial charge in [-0.15, -0.1) is 0 Å². The van der Waals surface area contributed by atoms with Crippen molar-refractivity contribution in [2.24, 2.45) is 0 Å². The van der Waals surface area contributed by atoms with Crippen molar-refractivity contribution in [3.63, 3.8) is 0 Å². The highest BCUT2D eigenvalue weighted by Crippen LogP contribution is 1.96. The van der Waals surface area contributed by atoms with Gasteiger partial charge in [0.2, 0.25) is 5.91 Å². The van der Waals surface area contributed by atoms with Crippen LogP contribution >= 0.6 is 0 Å². The molecule has 3 nitrogen and oxygen atoms in total. The van der Waals surface area contributed by atoms with Gasteiger partial charge in [-0.25, -0.2) is 0 Å². The monoisotopic (exact) mass is 189 g/mol. The van der Waals surface area contributed by atoms with Crippen molar-refractivity contribution in [3.05, 3.63) is 12.7 Å². The molecule has 1 amide bonds. The summed E-state index contributed by atoms with van der Waals surface area (Å²) in [5.74, 6) is -0.177. The minimum Gasteiger partial charge on any atom is -0.353 e. The van der Waals surface area contributed by atoms with E-state index in [4.69, 9.17) is 0 Å². The van der Waals surface area contributed by atoms with Crippen LogP contribution in [-0.4, -0.2) is 28.2 Å². The zero-order valence-corrected chi connectivity index (χ0v) is 8.32. The van der Waals surface area contributed by atoms with Gasteiger partial charge in [-0.2, -0.15) is 0 Å². The van der Waals surface area contributed by atoms with Crippen molar-refractivity contribution >= 4 is 16.7 Å². The molecule has 0 aliphatic heterocycles. The topological polar surface area (TPSA) is 46.2 Å². The van der Waals surface area contributed by atoms with E-state index < -0.39 is 10.8 Å². The average Bonchev–Trinajstić information content (AvgIpc) is 2.03. The molecule has 0 fully saturated rings. The number of amides is 1. The molecular formula is C8H15NO2S. The standard InChI is InChI=1S/C8H15NO2S/c1-4-8(10)9-6-5-7(2)12(3)11/h4,7H,1,5-6H2,2-3H3,(H,9,10). The minimum absolute atomic E-state index is 0.134. The number of carbonyl (C=O) groups is 1. The Hall–Kier alpha value is -0.640. The summed E-state index contributed by atoms with van der Waals surface area (Å²) in [6, 6.07) is 0. The quantitative estimate of drug-likeness (QED) is 0.638. The molecule has 0 bridgehead atoms. The molecule has 0 spiro atoms. The molecule has 0 aliphatic carbocycles. The maximum atomic E-state index is 10.9. The van der Waals surface area contributed by atoms with Gasteiger partial charge in [-0.3, -0.25) is 9.00 Å². The summed E-state index contributed by atoms with van der Waals surface area (Å²) in [5.41, 5.74) is 0. The van der Waals surface area contributed by atoms with Crippen LogP contribution in [0.25, 0.3) is 0 Å². The third kappa shape index (κ3) is 5.07. The molecule has 0 rings (SSSR count). The Kier molecular flexibility index (Phi) is 5.62. The lowest BCUT2D eigenvalue weighted by atomic mass is 10.3. The Morgan fingerprint density at radius 2 is 2.33 bits per heavy atom. The van der Waals surface area contributed by atoms with E-state index >= 15 is 0 Å². The van der Waals surface area contributed by atoms with E-state index in [2.05, 4.69) is 11.9 Å². The molecule has 2 unspecified atom stereocenters. The Balaban J connectivity index is 3.49. The highest BCUT2D eigenvalue weighted by molar-refractivity contribution is 7.84. The maximum absolute atomic E-state index is 10.9. The summed E-state index contributed by atoms with van der Waals surface area (Å²) < 4.78 is 10.9. The maximum Gasteiger partial charge on any atom is 0.243 e. The van der Waals surface area contributed by atoms with Crippen molar-refractivity contribution in [2.45, 2.75) is 18.6 Å². The van der Waals surface area contributed by atoms with Crippen LogP contribution in [0.3, 0.4) is 0 Å². The summed E-state index contributed by atoms with van der Waals surface area (Å²) in [4.78, 5) is 10.7. The first-order chi connectivity index (χ1) is 5.57. The van der Waals surface area contributed by atoms with E-state index in [0.717, 1.165) is 6.42 Å². The van der Waals surface area contributed by atoms with E-state index in [1.807, 2.05) is 6.92 Å². The molecule has 0 heterocycles. The predicted octanol–water partition coefficient (Wildman–Crippen LogP) is 0.446. The molecule has 12 heavy (non-hydrogen) atoms. The van der Waals surface area contributed by atoms with Gasteiger partial charge in [0.1, 0.15) is 0 Å². The number of hydrogen-bond donors (Lipinski definition) is 1. The normalized spacial score (nSPS) is 14.8. The second kappa shape index (κ2) is 5.94. The lowest BCUT2D eigenvalue weighted by Gasteiger charge is -2.07. The van der Waals surface area contributed by atoms with Gasteiger partial charge in [-0.05, 0) is 12.5 Å². The fourth-order valence-corrected chi connectivity index (χ4v) is 1.09. The zero-order valence-electron chi connectivity index (χ0n) is 7.50. The van der Waals surface area contributed by atoms with Crippen LogP contribution in [0.2, 0.25) is 0 Å². The van der Waals surface area contributed by atoms with Gasteiger partial charge in [0.15, 0.2) is 0 Å². The van der Waals surface area contributed by atoms with Crippen molar-refractivity contribution < 1.29 is 9.00 Å². The second-order valence-electron chi connectivity index (χ2n) is 2.59. The fourth-order valence-electron chi connectivity index (χ4n) is 0.637. The van der Waals surface area contributed by atoms with E-state index in [-0.39, 0.29) is 11.2 Å². The first-order valence-electron chi connectivity index (χ1n) is 3.80. The van der Waals surface area contributed by atoms with Gasteiger partial charge in [-0.1, -0.05) is 13.5 Å². The summed E-state index contributed by atoms with van der Waals surface area (Å²) in [7, 11) is -0.804. The zero-order chi connectivity index (χ0) is 9.56. The van der Waals surface area contributed by atoms with Crippen LogP contribution in [0.15, 0.2) is 12.7 Å². The third-order valence-corrected chi connectivity index (χ3v) is 2.97. The molecule has 0 saturated heterocycles. The molecule has 0 aromatic rings. The first-order valence-corrected chi connectivity index (χ1v) is 5.42. The molecule has 4 heteroatoms. The van der Waals surface area contributed by atoms with Crippen LogP contribution in [-0.2, 0) is 15.6 Å². The molecule has 0 aromatic carbocycles. The summed E-state index contributed by atoms with van der Waals surface area (Å²) in [5, 5.41) is 2.76. The number of hydrogen-bond acceptors (Lipinski definition) is 2. The van der Waals surface area contributed by atoms with Gasteiger partial charge >= 0.3 is 0 Å². The van der Waals surface area contributed by atoms with Crippen LogP contribution in [0.4, 0.5) is 0 Å². The van der Waals surface area contributed by atoms with Crippen LogP contribution in [0.1, 0.15) is 13.3 Å². The van der Waals surface area contributed by atoms with Gasteiger partial charge in [0, 0.05) is 28.9 Å². The molecule has 0 saturated carbocycles. The smallest absolute Gasteiger partial charge is 0.243 e. The molecule has 0 aliphatic rings. The fraction of sp³-hybridized carbons (Fsp3) is 0.625. The number of carbonyl (C=O) groups excluding carboxylic acids is 1. The predicted molar refractivity (Wildman–Crippen MR) is 51.4 cm³/mol. The largest absolute Gasteiger partial charge is 0.353 e. The molecule has 2 atom stereocenters. The van der Waals surface area contributed by atoms with Crippen molar-refractivity contribution in [3.8, 4) is 0 Å². The van der Waals surface area contributed by atoms with Crippen LogP contribution in [0, 0.1) is 0 Å². The Morgan fingerprint density at radius 3 is 2.75 bits per heavy atom. The van der Waals surface area contributed by atoms with E-state index in [1.165, 1.54) is 6.08 Å². The summed E-state index contributed by atoms with van der Waals surface area (Å²) in [6.07, 6.45) is 3.64. The van der Waals surface area contributed by atoms with Gasteiger partial charge in [0.25, 0.3) is 0 Å². The van der Waals surface area contributed by atoms with Crippen molar-refractivity contribution in [1.82, 2.24) is 5.32 Å². The number of nitrogens with one attached hydrogen (secondary N) is 1. The Labute approximate surface area is 75.7 Å². The van der Waals surface area contributed by atoms with E-state index in [1.54, 1.807) is 6.26 Å². The lowest BCUT2D eigenvalue weighted by Crippen LogP contribution is -2.25. The van der Waals surface area contributed by atoms with Gasteiger partial charge < -0.3 is 5.32 Å². The molecule has 0 aromatic heterocycles. The van der Waals surface area contributed by atoms with Crippen molar-refractivity contribution in [2.75, 3.05) is 12.8 Å². The highest BCUT2D eigenvalue weighted by Gasteiger charge is 2.05. The third-order valence-electron chi connectivity index (χ3n) is 1.60. The van der Waals surface area contributed by atoms with Crippen LogP contribution < -0.4 is 5.32 Å². The van der Waals surface area contributed by atoms with E-state index in [9.17, 15) is 9.00 Å². The molecule has 1 N–H and O–H groups in total. The lowest BCUT2D eigenvalue weighted by molar-refractivity contribution is -0.116. The molecule has 70 valence electrons. The SMILES string of the molecule is C=CC(=O)NCCC(C)S(C)=O. The second-order valence-corrected chi connectivity index (χ2v) is 4.39. The van der Waals surface area contributed by atoms with Gasteiger partial charge in [0.05, 0.1) is 0 Å². The average molecular weight is 189 g/mol. The van der Waals surface area contributed by atoms with Crippen LogP contribution in [0.5, 0.6) is 0 Å². The Bertz CT molecular complexity index is 191. The van der Waals surface area contributed by atoms with Crippen molar-refractivity contribution in [1.29, 1.82) is 0 Å². The Morgan fingerprint density at radius 1 is 1.75 bits per heavy atom. The molecular weight excluding hydrogens is 174 g/mol.